The molecule has 2 aromatic carbocycles. The van der Waals surface area contributed by atoms with Gasteiger partial charge in [-0.3, -0.25) is 14.8 Å². The minimum atomic E-state index is -3.85. The molecule has 0 amide bonds. The van der Waals surface area contributed by atoms with Crippen LogP contribution in [0, 0.1) is 17.0 Å². The number of benzene rings is 2. The van der Waals surface area contributed by atoms with Crippen LogP contribution in [-0.2, 0) is 10.0 Å². The van der Waals surface area contributed by atoms with Crippen LogP contribution < -0.4 is 4.72 Å². The Balaban J connectivity index is 2.42. The molecule has 0 heterocycles. The Morgan fingerprint density at radius 1 is 1.10 bits per heavy atom. The second-order valence-corrected chi connectivity index (χ2v) is 5.92. The van der Waals surface area contributed by atoms with Crippen molar-refractivity contribution < 1.29 is 13.3 Å². The summed E-state index contributed by atoms with van der Waals surface area (Å²) in [6.07, 6.45) is 0. The third-order valence-corrected chi connectivity index (χ3v) is 3.94. The molecule has 0 aliphatic carbocycles. The summed E-state index contributed by atoms with van der Waals surface area (Å²) in [6, 6.07) is 12.1. The third-order valence-electron chi connectivity index (χ3n) is 2.58. The maximum absolute atomic E-state index is 12.2. The van der Waals surface area contributed by atoms with Gasteiger partial charge in [0.1, 0.15) is 0 Å². The molecule has 6 nitrogen and oxygen atoms in total. The molecule has 1 N–H and O–H groups in total. The molecule has 0 bridgehead atoms. The normalized spacial score (nSPS) is 11.1. The lowest BCUT2D eigenvalue weighted by atomic mass is 10.2. The first-order valence-corrected chi connectivity index (χ1v) is 7.21. The Labute approximate surface area is 116 Å². The SMILES string of the molecule is Cc1cc([N+](=O)[O-])cc(S(=O)(=O)Nc2ccccc2)c1. The maximum Gasteiger partial charge on any atom is 0.271 e. The van der Waals surface area contributed by atoms with Crippen molar-refractivity contribution >= 4 is 21.4 Å². The van der Waals surface area contributed by atoms with Gasteiger partial charge in [-0.1, -0.05) is 18.2 Å². The molecule has 0 spiro atoms. The van der Waals surface area contributed by atoms with Gasteiger partial charge in [0.2, 0.25) is 0 Å². The van der Waals surface area contributed by atoms with Crippen molar-refractivity contribution in [2.24, 2.45) is 0 Å². The average Bonchev–Trinajstić information content (AvgIpc) is 2.38. The lowest BCUT2D eigenvalue weighted by molar-refractivity contribution is -0.385. The van der Waals surface area contributed by atoms with Gasteiger partial charge in [0.05, 0.1) is 9.82 Å². The number of aryl methyl sites for hydroxylation is 1. The molecule has 104 valence electrons. The largest absolute Gasteiger partial charge is 0.280 e. The standard InChI is InChI=1S/C13H12N2O4S/c1-10-7-12(15(16)17)9-13(8-10)20(18,19)14-11-5-3-2-4-6-11/h2-9,14H,1H3. The second kappa shape index (κ2) is 5.30. The van der Waals surface area contributed by atoms with E-state index in [0.717, 1.165) is 6.07 Å². The van der Waals surface area contributed by atoms with Gasteiger partial charge in [0.25, 0.3) is 15.7 Å². The Hall–Kier alpha value is -2.41. The Morgan fingerprint density at radius 2 is 1.75 bits per heavy atom. The molecule has 0 atom stereocenters. The van der Waals surface area contributed by atoms with Gasteiger partial charge in [-0.05, 0) is 30.7 Å². The summed E-state index contributed by atoms with van der Waals surface area (Å²) in [5, 5.41) is 10.8. The second-order valence-electron chi connectivity index (χ2n) is 4.23. The number of rotatable bonds is 4. The first kappa shape index (κ1) is 14.0. The Morgan fingerprint density at radius 3 is 2.35 bits per heavy atom. The molecule has 0 aliphatic rings. The van der Waals surface area contributed by atoms with E-state index in [1.54, 1.807) is 37.3 Å². The van der Waals surface area contributed by atoms with Crippen LogP contribution in [0.25, 0.3) is 0 Å². The fourth-order valence-corrected chi connectivity index (χ4v) is 2.89. The molecule has 7 heteroatoms. The van der Waals surface area contributed by atoms with Crippen LogP contribution in [0.15, 0.2) is 53.4 Å². The lowest BCUT2D eigenvalue weighted by Gasteiger charge is -2.08. The zero-order valence-corrected chi connectivity index (χ0v) is 11.4. The molecule has 20 heavy (non-hydrogen) atoms. The van der Waals surface area contributed by atoms with Gasteiger partial charge in [-0.2, -0.15) is 0 Å². The fourth-order valence-electron chi connectivity index (χ4n) is 1.71. The number of non-ortho nitro benzene ring substituents is 1. The van der Waals surface area contributed by atoms with Gasteiger partial charge in [0.15, 0.2) is 0 Å². The van der Waals surface area contributed by atoms with E-state index < -0.39 is 14.9 Å². The highest BCUT2D eigenvalue weighted by Gasteiger charge is 2.18. The summed E-state index contributed by atoms with van der Waals surface area (Å²) in [7, 11) is -3.85. The van der Waals surface area contributed by atoms with Crippen LogP contribution in [0.2, 0.25) is 0 Å². The summed E-state index contributed by atoms with van der Waals surface area (Å²) in [5.74, 6) is 0. The number of para-hydroxylation sites is 1. The highest BCUT2D eigenvalue weighted by Crippen LogP contribution is 2.22. The van der Waals surface area contributed by atoms with Gasteiger partial charge in [0, 0.05) is 17.8 Å². The zero-order valence-electron chi connectivity index (χ0n) is 10.6. The van der Waals surface area contributed by atoms with Crippen LogP contribution in [0.3, 0.4) is 0 Å². The number of hydrogen-bond donors (Lipinski definition) is 1. The van der Waals surface area contributed by atoms with Crippen molar-refractivity contribution in [3.05, 3.63) is 64.2 Å². The van der Waals surface area contributed by atoms with Gasteiger partial charge in [-0.25, -0.2) is 8.42 Å². The lowest BCUT2D eigenvalue weighted by Crippen LogP contribution is -2.13. The van der Waals surface area contributed by atoms with E-state index in [1.165, 1.54) is 12.1 Å². The van der Waals surface area contributed by atoms with Crippen molar-refractivity contribution in [3.63, 3.8) is 0 Å². The van der Waals surface area contributed by atoms with Crippen LogP contribution in [-0.4, -0.2) is 13.3 Å². The zero-order chi connectivity index (χ0) is 14.8. The quantitative estimate of drug-likeness (QED) is 0.693. The van der Waals surface area contributed by atoms with Gasteiger partial charge in [-0.15, -0.1) is 0 Å². The van der Waals surface area contributed by atoms with E-state index in [4.69, 9.17) is 0 Å². The number of nitro benzene ring substituents is 1. The number of nitrogens with one attached hydrogen (secondary N) is 1. The molecule has 2 rings (SSSR count). The highest BCUT2D eigenvalue weighted by molar-refractivity contribution is 7.92. The van der Waals surface area contributed by atoms with E-state index >= 15 is 0 Å². The molecule has 0 saturated carbocycles. The van der Waals surface area contributed by atoms with Crippen molar-refractivity contribution in [1.29, 1.82) is 0 Å². The Bertz CT molecular complexity index is 742. The number of anilines is 1. The average molecular weight is 292 g/mol. The molecule has 0 saturated heterocycles. The molecule has 2 aromatic rings. The molecule has 0 radical (unpaired) electrons. The summed E-state index contributed by atoms with van der Waals surface area (Å²) in [4.78, 5) is 10.0. The fraction of sp³-hybridized carbons (Fsp3) is 0.0769. The van der Waals surface area contributed by atoms with Crippen LogP contribution >= 0.6 is 0 Å². The maximum atomic E-state index is 12.2. The smallest absolute Gasteiger partial charge is 0.271 e. The van der Waals surface area contributed by atoms with Crippen LogP contribution in [0.1, 0.15) is 5.56 Å². The van der Waals surface area contributed by atoms with Crippen molar-refractivity contribution in [1.82, 2.24) is 0 Å². The number of nitrogens with zero attached hydrogens (tertiary/aromatic N) is 1. The summed E-state index contributed by atoms with van der Waals surface area (Å²) < 4.78 is 26.8. The molecular weight excluding hydrogens is 280 g/mol. The number of sulfonamides is 1. The summed E-state index contributed by atoms with van der Waals surface area (Å²) >= 11 is 0. The van der Waals surface area contributed by atoms with Crippen LogP contribution in [0.5, 0.6) is 0 Å². The monoisotopic (exact) mass is 292 g/mol. The van der Waals surface area contributed by atoms with E-state index in [0.29, 0.717) is 11.3 Å². The predicted octanol–water partition coefficient (Wildman–Crippen LogP) is 2.70. The first-order valence-electron chi connectivity index (χ1n) is 5.72. The molecule has 0 aromatic heterocycles. The van der Waals surface area contributed by atoms with E-state index in [2.05, 4.69) is 4.72 Å². The van der Waals surface area contributed by atoms with E-state index in [1.807, 2.05) is 0 Å². The number of hydrogen-bond acceptors (Lipinski definition) is 4. The number of nitro groups is 1. The minimum absolute atomic E-state index is 0.131. The van der Waals surface area contributed by atoms with Crippen LogP contribution in [0.4, 0.5) is 11.4 Å². The molecule has 0 fully saturated rings. The predicted molar refractivity (Wildman–Crippen MR) is 75.1 cm³/mol. The van der Waals surface area contributed by atoms with Crippen molar-refractivity contribution in [2.75, 3.05) is 4.72 Å². The molecule has 0 unspecified atom stereocenters. The molecular formula is C13H12N2O4S. The Kier molecular flexibility index (Phi) is 3.71. The van der Waals surface area contributed by atoms with E-state index in [9.17, 15) is 18.5 Å². The first-order chi connectivity index (χ1) is 9.38. The van der Waals surface area contributed by atoms with Gasteiger partial charge < -0.3 is 0 Å². The van der Waals surface area contributed by atoms with Gasteiger partial charge >= 0.3 is 0 Å². The minimum Gasteiger partial charge on any atom is -0.280 e. The summed E-state index contributed by atoms with van der Waals surface area (Å²) in [6.45, 7) is 1.61. The van der Waals surface area contributed by atoms with Crippen molar-refractivity contribution in [3.8, 4) is 0 Å². The topological polar surface area (TPSA) is 89.3 Å². The summed E-state index contributed by atoms with van der Waals surface area (Å²) in [5.41, 5.74) is 0.655. The highest BCUT2D eigenvalue weighted by atomic mass is 32.2. The molecule has 0 aliphatic heterocycles. The van der Waals surface area contributed by atoms with E-state index in [-0.39, 0.29) is 10.6 Å². The third kappa shape index (κ3) is 3.12. The van der Waals surface area contributed by atoms with Crippen molar-refractivity contribution in [2.45, 2.75) is 11.8 Å².